The molecule has 1 heteroatoms. The van der Waals surface area contributed by atoms with Gasteiger partial charge in [0.05, 0.1) is 0 Å². The third kappa shape index (κ3) is 7.81. The second-order valence-electron chi connectivity index (χ2n) is 4.03. The van der Waals surface area contributed by atoms with Crippen LogP contribution >= 0.6 is 0 Å². The first-order valence-corrected chi connectivity index (χ1v) is 5.23. The lowest BCUT2D eigenvalue weighted by Crippen LogP contribution is -2.13. The maximum absolute atomic E-state index is 3.97. The summed E-state index contributed by atoms with van der Waals surface area (Å²) >= 11 is 0. The van der Waals surface area contributed by atoms with Gasteiger partial charge in [0.25, 0.3) is 0 Å². The van der Waals surface area contributed by atoms with Crippen molar-refractivity contribution < 1.29 is 0 Å². The Bertz CT molecular complexity index is 211. The van der Waals surface area contributed by atoms with Crippen LogP contribution in [0.1, 0.15) is 20.3 Å². The van der Waals surface area contributed by atoms with Crippen molar-refractivity contribution in [3.05, 3.63) is 36.5 Å². The van der Waals surface area contributed by atoms with Crippen LogP contribution in [0.3, 0.4) is 0 Å². The first kappa shape index (κ1) is 13.2. The van der Waals surface area contributed by atoms with Crippen molar-refractivity contribution in [3.63, 3.8) is 0 Å². The molecule has 14 heavy (non-hydrogen) atoms. The van der Waals surface area contributed by atoms with Gasteiger partial charge >= 0.3 is 0 Å². The van der Waals surface area contributed by atoms with Gasteiger partial charge in [-0.2, -0.15) is 0 Å². The van der Waals surface area contributed by atoms with E-state index in [0.29, 0.717) is 5.92 Å². The van der Waals surface area contributed by atoms with Crippen molar-refractivity contribution in [2.75, 3.05) is 20.6 Å². The molecule has 0 heterocycles. The minimum atomic E-state index is 0.668. The van der Waals surface area contributed by atoms with Crippen LogP contribution < -0.4 is 0 Å². The van der Waals surface area contributed by atoms with Crippen molar-refractivity contribution in [2.24, 2.45) is 5.92 Å². The lowest BCUT2D eigenvalue weighted by molar-refractivity contribution is 0.449. The highest BCUT2D eigenvalue weighted by Crippen LogP contribution is 2.02. The van der Waals surface area contributed by atoms with E-state index in [1.165, 1.54) is 6.42 Å². The van der Waals surface area contributed by atoms with E-state index in [1.807, 2.05) is 14.1 Å². The van der Waals surface area contributed by atoms with E-state index < -0.39 is 0 Å². The fourth-order valence-electron chi connectivity index (χ4n) is 1.04. The summed E-state index contributed by atoms with van der Waals surface area (Å²) < 4.78 is 0. The number of rotatable bonds is 6. The zero-order valence-corrected chi connectivity index (χ0v) is 9.96. The van der Waals surface area contributed by atoms with E-state index in [1.54, 1.807) is 0 Å². The molecule has 0 N–H and O–H groups in total. The van der Waals surface area contributed by atoms with Crippen molar-refractivity contribution >= 4 is 0 Å². The van der Waals surface area contributed by atoms with Crippen LogP contribution in [-0.2, 0) is 0 Å². The highest BCUT2D eigenvalue weighted by molar-refractivity contribution is 5.20. The first-order chi connectivity index (χ1) is 6.56. The molecule has 0 saturated heterocycles. The largest absolute Gasteiger partial charge is 0.305 e. The third-order valence-corrected chi connectivity index (χ3v) is 2.05. The average molecular weight is 193 g/mol. The lowest BCUT2D eigenvalue weighted by atomic mass is 10.1. The van der Waals surface area contributed by atoms with Crippen LogP contribution in [-0.4, -0.2) is 25.5 Å². The van der Waals surface area contributed by atoms with E-state index >= 15 is 0 Å². The van der Waals surface area contributed by atoms with Crippen molar-refractivity contribution in [1.29, 1.82) is 0 Å². The van der Waals surface area contributed by atoms with Crippen LogP contribution in [0.15, 0.2) is 36.5 Å². The lowest BCUT2D eigenvalue weighted by Gasteiger charge is -2.08. The molecule has 0 aromatic heterocycles. The molecule has 0 rings (SSSR count). The predicted octanol–water partition coefficient (Wildman–Crippen LogP) is 3.26. The summed E-state index contributed by atoms with van der Waals surface area (Å²) in [7, 11) is 4.10. The highest BCUT2D eigenvalue weighted by Gasteiger charge is 1.90. The van der Waals surface area contributed by atoms with Gasteiger partial charge in [-0.25, -0.2) is 0 Å². The van der Waals surface area contributed by atoms with Crippen LogP contribution in [0.4, 0.5) is 0 Å². The molecule has 0 saturated carbocycles. The van der Waals surface area contributed by atoms with Gasteiger partial charge in [-0.1, -0.05) is 51.2 Å². The van der Waals surface area contributed by atoms with Crippen LogP contribution in [0.5, 0.6) is 0 Å². The Kier molecular flexibility index (Phi) is 7.13. The van der Waals surface area contributed by atoms with Gasteiger partial charge in [-0.05, 0) is 25.6 Å². The van der Waals surface area contributed by atoms with Gasteiger partial charge in [0, 0.05) is 6.54 Å². The van der Waals surface area contributed by atoms with Gasteiger partial charge in [-0.3, -0.25) is 0 Å². The molecule has 0 aliphatic carbocycles. The van der Waals surface area contributed by atoms with E-state index in [9.17, 15) is 0 Å². The van der Waals surface area contributed by atoms with E-state index in [0.717, 1.165) is 12.1 Å². The number of allylic oxidation sites excluding steroid dienone is 3. The van der Waals surface area contributed by atoms with Crippen molar-refractivity contribution in [2.45, 2.75) is 20.3 Å². The Balaban J connectivity index is 3.82. The molecule has 80 valence electrons. The topological polar surface area (TPSA) is 3.24 Å². The van der Waals surface area contributed by atoms with Gasteiger partial charge < -0.3 is 4.90 Å². The highest BCUT2D eigenvalue weighted by atomic mass is 15.0. The number of nitrogens with zero attached hydrogens (tertiary/aromatic N) is 1. The van der Waals surface area contributed by atoms with Crippen molar-refractivity contribution in [1.82, 2.24) is 4.90 Å². The maximum Gasteiger partial charge on any atom is 0.0221 e. The zero-order chi connectivity index (χ0) is 11.0. The normalized spacial score (nSPS) is 14.4. The summed E-state index contributed by atoms with van der Waals surface area (Å²) in [4.78, 5) is 2.12. The molecule has 0 aromatic rings. The first-order valence-electron chi connectivity index (χ1n) is 5.23. The summed E-state index contributed by atoms with van der Waals surface area (Å²) in [6, 6.07) is 0. The fraction of sp³-hybridized carbons (Fsp3) is 0.538. The summed E-state index contributed by atoms with van der Waals surface area (Å²) in [5.74, 6) is 0.668. The minimum absolute atomic E-state index is 0.668. The molecule has 1 unspecified atom stereocenters. The average Bonchev–Trinajstić information content (AvgIpc) is 2.10. The molecule has 0 aliphatic rings. The molecule has 0 fully saturated rings. The summed E-state index contributed by atoms with van der Waals surface area (Å²) in [6.45, 7) is 9.31. The third-order valence-electron chi connectivity index (χ3n) is 2.05. The van der Waals surface area contributed by atoms with Gasteiger partial charge in [0.15, 0.2) is 0 Å². The van der Waals surface area contributed by atoms with Crippen LogP contribution in [0.2, 0.25) is 0 Å². The number of likely N-dealkylation sites (N-methyl/N-ethyl adjacent to an activating group) is 1. The molecular formula is C13H23N. The molecule has 0 amide bonds. The SMILES string of the molecule is C=C(/C=C\C=C/C(C)CC)CN(C)C. The smallest absolute Gasteiger partial charge is 0.0221 e. The Morgan fingerprint density at radius 3 is 2.50 bits per heavy atom. The standard InChI is InChI=1S/C13H23N/c1-6-12(2)9-7-8-10-13(3)11-14(4)5/h7-10,12H,3,6,11H2,1-2,4-5H3/b9-7-,10-8-. The summed E-state index contributed by atoms with van der Waals surface area (Å²) in [5.41, 5.74) is 1.14. The monoisotopic (exact) mass is 193 g/mol. The Morgan fingerprint density at radius 2 is 2.00 bits per heavy atom. The summed E-state index contributed by atoms with van der Waals surface area (Å²) in [6.07, 6.45) is 9.66. The van der Waals surface area contributed by atoms with Crippen LogP contribution in [0.25, 0.3) is 0 Å². The second kappa shape index (κ2) is 7.57. The van der Waals surface area contributed by atoms with E-state index in [4.69, 9.17) is 0 Å². The minimum Gasteiger partial charge on any atom is -0.305 e. The Labute approximate surface area is 88.8 Å². The fourth-order valence-corrected chi connectivity index (χ4v) is 1.04. The van der Waals surface area contributed by atoms with Gasteiger partial charge in [0.1, 0.15) is 0 Å². The number of hydrogen-bond acceptors (Lipinski definition) is 1. The Morgan fingerprint density at radius 1 is 1.36 bits per heavy atom. The molecule has 0 aromatic carbocycles. The molecule has 1 atom stereocenters. The molecule has 0 spiro atoms. The van der Waals surface area contributed by atoms with Gasteiger partial charge in [-0.15, -0.1) is 0 Å². The zero-order valence-electron chi connectivity index (χ0n) is 9.96. The summed E-state index contributed by atoms with van der Waals surface area (Å²) in [5, 5.41) is 0. The quantitative estimate of drug-likeness (QED) is 0.585. The number of hydrogen-bond donors (Lipinski definition) is 0. The van der Waals surface area contributed by atoms with Crippen molar-refractivity contribution in [3.8, 4) is 0 Å². The second-order valence-corrected chi connectivity index (χ2v) is 4.03. The molecular weight excluding hydrogens is 170 g/mol. The molecule has 0 aliphatic heterocycles. The van der Waals surface area contributed by atoms with E-state index in [-0.39, 0.29) is 0 Å². The van der Waals surface area contributed by atoms with Gasteiger partial charge in [0.2, 0.25) is 0 Å². The Hall–Kier alpha value is -0.820. The molecule has 0 bridgehead atoms. The molecule has 1 nitrogen and oxygen atoms in total. The molecule has 0 radical (unpaired) electrons. The van der Waals surface area contributed by atoms with E-state index in [2.05, 4.69) is 49.6 Å². The maximum atomic E-state index is 3.97. The predicted molar refractivity (Wildman–Crippen MR) is 65.4 cm³/mol. The van der Waals surface area contributed by atoms with Crippen LogP contribution in [0, 0.1) is 5.92 Å².